The van der Waals surface area contributed by atoms with Crippen molar-refractivity contribution in [3.05, 3.63) is 16.5 Å². The zero-order valence-corrected chi connectivity index (χ0v) is 17.5. The number of piperazine rings is 1. The van der Waals surface area contributed by atoms with Gasteiger partial charge in [0.15, 0.2) is 0 Å². The number of esters is 1. The molecule has 1 aliphatic heterocycles. The molecule has 1 saturated heterocycles. The lowest BCUT2D eigenvalue weighted by molar-refractivity contribution is -0.136. The molecule has 2 rings (SSSR count). The lowest BCUT2D eigenvalue weighted by Crippen LogP contribution is -2.62. The van der Waals surface area contributed by atoms with E-state index in [-0.39, 0.29) is 25.0 Å². The SMILES string of the molecule is CCOC(=O)c1c(CC(C)C)csc1NC(=O)CN1CCNC(=O)C1(C)C. The molecule has 27 heavy (non-hydrogen) atoms. The summed E-state index contributed by atoms with van der Waals surface area (Å²) in [5, 5.41) is 8.07. The highest BCUT2D eigenvalue weighted by molar-refractivity contribution is 7.15. The van der Waals surface area contributed by atoms with Gasteiger partial charge in [-0.1, -0.05) is 13.8 Å². The van der Waals surface area contributed by atoms with Gasteiger partial charge in [-0.25, -0.2) is 4.79 Å². The molecule has 8 heteroatoms. The first-order chi connectivity index (χ1) is 12.7. The van der Waals surface area contributed by atoms with Crippen LogP contribution in [0.3, 0.4) is 0 Å². The Morgan fingerprint density at radius 3 is 2.74 bits per heavy atom. The van der Waals surface area contributed by atoms with Gasteiger partial charge in [0.2, 0.25) is 11.8 Å². The smallest absolute Gasteiger partial charge is 0.341 e. The minimum atomic E-state index is -0.752. The van der Waals surface area contributed by atoms with Crippen molar-refractivity contribution >= 4 is 34.1 Å². The molecule has 0 radical (unpaired) electrons. The summed E-state index contributed by atoms with van der Waals surface area (Å²) < 4.78 is 5.18. The summed E-state index contributed by atoms with van der Waals surface area (Å²) in [6, 6.07) is 0. The van der Waals surface area contributed by atoms with E-state index in [9.17, 15) is 14.4 Å². The van der Waals surface area contributed by atoms with Gasteiger partial charge in [0.1, 0.15) is 5.00 Å². The third kappa shape index (κ3) is 5.07. The summed E-state index contributed by atoms with van der Waals surface area (Å²) in [6.45, 7) is 11.0. The van der Waals surface area contributed by atoms with E-state index in [1.165, 1.54) is 11.3 Å². The molecule has 0 atom stereocenters. The average molecular weight is 396 g/mol. The molecule has 150 valence electrons. The zero-order valence-electron chi connectivity index (χ0n) is 16.7. The molecule has 0 saturated carbocycles. The quantitative estimate of drug-likeness (QED) is 0.692. The van der Waals surface area contributed by atoms with Gasteiger partial charge in [0.05, 0.1) is 24.3 Å². The van der Waals surface area contributed by atoms with E-state index in [0.29, 0.717) is 29.6 Å². The highest BCUT2D eigenvalue weighted by Crippen LogP contribution is 2.31. The molecule has 0 unspecified atom stereocenters. The number of carbonyl (C=O) groups is 3. The number of anilines is 1. The predicted molar refractivity (Wildman–Crippen MR) is 106 cm³/mol. The Bertz CT molecular complexity index is 712. The van der Waals surface area contributed by atoms with Crippen molar-refractivity contribution in [2.45, 2.75) is 46.6 Å². The van der Waals surface area contributed by atoms with Crippen molar-refractivity contribution in [3.8, 4) is 0 Å². The third-order valence-electron chi connectivity index (χ3n) is 4.58. The highest BCUT2D eigenvalue weighted by Gasteiger charge is 2.38. The lowest BCUT2D eigenvalue weighted by atomic mass is 9.99. The van der Waals surface area contributed by atoms with E-state index in [0.717, 1.165) is 12.0 Å². The third-order valence-corrected chi connectivity index (χ3v) is 5.52. The Hall–Kier alpha value is -1.93. The lowest BCUT2D eigenvalue weighted by Gasteiger charge is -2.40. The summed E-state index contributed by atoms with van der Waals surface area (Å²) in [5.74, 6) is -0.378. The van der Waals surface area contributed by atoms with E-state index < -0.39 is 11.5 Å². The van der Waals surface area contributed by atoms with E-state index in [2.05, 4.69) is 24.5 Å². The van der Waals surface area contributed by atoms with Gasteiger partial charge in [0, 0.05) is 13.1 Å². The molecule has 0 aromatic carbocycles. The molecule has 1 fully saturated rings. The topological polar surface area (TPSA) is 87.7 Å². The minimum absolute atomic E-state index is 0.0834. The van der Waals surface area contributed by atoms with Gasteiger partial charge in [-0.05, 0) is 44.1 Å². The molecule has 0 spiro atoms. The zero-order chi connectivity index (χ0) is 20.2. The summed E-state index contributed by atoms with van der Waals surface area (Å²) in [7, 11) is 0. The van der Waals surface area contributed by atoms with Crippen LogP contribution >= 0.6 is 11.3 Å². The van der Waals surface area contributed by atoms with E-state index in [1.807, 2.05) is 10.3 Å². The molecule has 1 aromatic rings. The molecular formula is C19H29N3O4S. The average Bonchev–Trinajstić information content (AvgIpc) is 2.94. The van der Waals surface area contributed by atoms with Gasteiger partial charge < -0.3 is 15.4 Å². The van der Waals surface area contributed by atoms with Gasteiger partial charge in [-0.2, -0.15) is 0 Å². The Morgan fingerprint density at radius 1 is 1.41 bits per heavy atom. The van der Waals surface area contributed by atoms with Crippen LogP contribution in [0.15, 0.2) is 5.38 Å². The first-order valence-corrected chi connectivity index (χ1v) is 10.2. The Kier molecular flexibility index (Phi) is 7.00. The fraction of sp³-hybridized carbons (Fsp3) is 0.632. The van der Waals surface area contributed by atoms with Crippen molar-refractivity contribution in [3.63, 3.8) is 0 Å². The van der Waals surface area contributed by atoms with Gasteiger partial charge in [-0.15, -0.1) is 11.3 Å². The van der Waals surface area contributed by atoms with Crippen LogP contribution in [0.25, 0.3) is 0 Å². The maximum absolute atomic E-state index is 12.6. The first-order valence-electron chi connectivity index (χ1n) is 9.27. The monoisotopic (exact) mass is 395 g/mol. The standard InChI is InChI=1S/C19H29N3O4S/c1-6-26-17(24)15-13(9-12(2)3)11-27-16(15)21-14(23)10-22-8-7-20-18(25)19(22,4)5/h11-12H,6-10H2,1-5H3,(H,20,25)(H,21,23). The second kappa shape index (κ2) is 8.84. The largest absolute Gasteiger partial charge is 0.462 e. The maximum Gasteiger partial charge on any atom is 0.341 e. The van der Waals surface area contributed by atoms with Crippen molar-refractivity contribution in [1.82, 2.24) is 10.2 Å². The summed E-state index contributed by atoms with van der Waals surface area (Å²) in [6.07, 6.45) is 0.736. The van der Waals surface area contributed by atoms with Crippen LogP contribution < -0.4 is 10.6 Å². The normalized spacial score (nSPS) is 16.9. The number of rotatable bonds is 7. The predicted octanol–water partition coefficient (Wildman–Crippen LogP) is 2.27. The second-order valence-electron chi connectivity index (χ2n) is 7.57. The van der Waals surface area contributed by atoms with E-state index >= 15 is 0 Å². The highest BCUT2D eigenvalue weighted by atomic mass is 32.1. The number of thiophene rings is 1. The number of hydrogen-bond acceptors (Lipinski definition) is 6. The number of ether oxygens (including phenoxy) is 1. The molecular weight excluding hydrogens is 366 g/mol. The number of nitrogens with one attached hydrogen (secondary N) is 2. The molecule has 1 aromatic heterocycles. The van der Waals surface area contributed by atoms with Crippen LogP contribution in [-0.2, 0) is 20.7 Å². The summed E-state index contributed by atoms with van der Waals surface area (Å²) in [4.78, 5) is 38.9. The van der Waals surface area contributed by atoms with Crippen LogP contribution in [0.5, 0.6) is 0 Å². The van der Waals surface area contributed by atoms with Crippen molar-refractivity contribution in [1.29, 1.82) is 0 Å². The number of hydrogen-bond donors (Lipinski definition) is 2. The fourth-order valence-electron chi connectivity index (χ4n) is 3.06. The van der Waals surface area contributed by atoms with Gasteiger partial charge >= 0.3 is 5.97 Å². The molecule has 2 N–H and O–H groups in total. The van der Waals surface area contributed by atoms with Crippen molar-refractivity contribution < 1.29 is 19.1 Å². The number of amides is 2. The van der Waals surface area contributed by atoms with Crippen LogP contribution in [0.2, 0.25) is 0 Å². The first kappa shape index (κ1) is 21.4. The molecule has 0 bridgehead atoms. The minimum Gasteiger partial charge on any atom is -0.462 e. The van der Waals surface area contributed by atoms with Crippen LogP contribution in [0.1, 0.15) is 50.5 Å². The number of nitrogens with zero attached hydrogens (tertiary/aromatic N) is 1. The van der Waals surface area contributed by atoms with Crippen LogP contribution in [0.4, 0.5) is 5.00 Å². The van der Waals surface area contributed by atoms with Crippen molar-refractivity contribution in [2.75, 3.05) is 31.6 Å². The van der Waals surface area contributed by atoms with Crippen molar-refractivity contribution in [2.24, 2.45) is 5.92 Å². The Balaban J connectivity index is 2.16. The Labute approximate surface area is 164 Å². The second-order valence-corrected chi connectivity index (χ2v) is 8.45. The van der Waals surface area contributed by atoms with E-state index in [1.54, 1.807) is 20.8 Å². The molecule has 0 aliphatic carbocycles. The molecule has 7 nitrogen and oxygen atoms in total. The Morgan fingerprint density at radius 2 is 2.11 bits per heavy atom. The van der Waals surface area contributed by atoms with Crippen LogP contribution in [-0.4, -0.2) is 54.5 Å². The fourth-order valence-corrected chi connectivity index (χ4v) is 4.04. The van der Waals surface area contributed by atoms with E-state index in [4.69, 9.17) is 4.74 Å². The number of carbonyl (C=O) groups excluding carboxylic acids is 3. The van der Waals surface area contributed by atoms with Crippen LogP contribution in [0, 0.1) is 5.92 Å². The molecule has 1 aliphatic rings. The van der Waals surface area contributed by atoms with Gasteiger partial charge in [0.25, 0.3) is 0 Å². The summed E-state index contributed by atoms with van der Waals surface area (Å²) >= 11 is 1.33. The van der Waals surface area contributed by atoms with Gasteiger partial charge in [-0.3, -0.25) is 14.5 Å². The molecule has 2 amide bonds. The molecule has 2 heterocycles. The maximum atomic E-state index is 12.6. The summed E-state index contributed by atoms with van der Waals surface area (Å²) in [5.41, 5.74) is 0.582.